The third kappa shape index (κ3) is 4.59. The first-order chi connectivity index (χ1) is 12.1. The average Bonchev–Trinajstić information content (AvgIpc) is 2.90. The Morgan fingerprint density at radius 3 is 2.56 bits per heavy atom. The highest BCUT2D eigenvalue weighted by atomic mass is 16.5. The molecule has 2 heterocycles. The van der Waals surface area contributed by atoms with E-state index in [1.54, 1.807) is 6.07 Å². The van der Waals surface area contributed by atoms with E-state index < -0.39 is 0 Å². The van der Waals surface area contributed by atoms with Gasteiger partial charge in [-0.25, -0.2) is 4.98 Å². The van der Waals surface area contributed by atoms with Gasteiger partial charge in [0.2, 0.25) is 0 Å². The molecule has 25 heavy (non-hydrogen) atoms. The van der Waals surface area contributed by atoms with Crippen LogP contribution in [0.2, 0.25) is 0 Å². The molecule has 3 rings (SSSR count). The molecule has 1 aromatic carbocycles. The topological polar surface area (TPSA) is 42.4 Å². The third-order valence-corrected chi connectivity index (χ3v) is 4.63. The van der Waals surface area contributed by atoms with Crippen LogP contribution in [0.4, 0.5) is 0 Å². The van der Waals surface area contributed by atoms with Crippen LogP contribution in [0.1, 0.15) is 53.0 Å². The molecular formula is C21H26N2O2. The molecular weight excluding hydrogens is 312 g/mol. The molecule has 1 aromatic heterocycles. The van der Waals surface area contributed by atoms with Gasteiger partial charge in [-0.15, -0.1) is 0 Å². The summed E-state index contributed by atoms with van der Waals surface area (Å²) in [6.07, 6.45) is 4.59. The van der Waals surface area contributed by atoms with E-state index in [4.69, 9.17) is 4.74 Å². The van der Waals surface area contributed by atoms with Crippen LogP contribution in [-0.2, 0) is 6.61 Å². The maximum absolute atomic E-state index is 12.7. The Morgan fingerprint density at radius 2 is 1.84 bits per heavy atom. The summed E-state index contributed by atoms with van der Waals surface area (Å²) in [6, 6.07) is 11.7. The highest BCUT2D eigenvalue weighted by molar-refractivity contribution is 5.92. The summed E-state index contributed by atoms with van der Waals surface area (Å²) in [5.74, 6) is 0.895. The number of hydrogen-bond acceptors (Lipinski definition) is 3. The van der Waals surface area contributed by atoms with Crippen molar-refractivity contribution in [1.82, 2.24) is 9.88 Å². The lowest BCUT2D eigenvalue weighted by Gasteiger charge is -2.20. The largest absolute Gasteiger partial charge is 0.487 e. The molecule has 0 bridgehead atoms. The average molecular weight is 338 g/mol. The van der Waals surface area contributed by atoms with Crippen molar-refractivity contribution in [3.8, 4) is 5.75 Å². The van der Waals surface area contributed by atoms with Gasteiger partial charge in [-0.1, -0.05) is 36.6 Å². The molecule has 1 saturated heterocycles. The summed E-state index contributed by atoms with van der Waals surface area (Å²) < 4.78 is 5.89. The zero-order valence-electron chi connectivity index (χ0n) is 15.1. The molecule has 132 valence electrons. The number of carbonyl (C=O) groups is 1. The predicted molar refractivity (Wildman–Crippen MR) is 98.9 cm³/mol. The molecule has 0 N–H and O–H groups in total. The number of hydrogen-bond donors (Lipinski definition) is 0. The number of aryl methyl sites for hydroxylation is 2. The molecule has 0 aliphatic carbocycles. The van der Waals surface area contributed by atoms with Crippen molar-refractivity contribution in [2.45, 2.75) is 46.1 Å². The van der Waals surface area contributed by atoms with Crippen LogP contribution in [0.25, 0.3) is 0 Å². The van der Waals surface area contributed by atoms with Crippen molar-refractivity contribution >= 4 is 5.91 Å². The molecule has 1 aliphatic rings. The molecule has 4 nitrogen and oxygen atoms in total. The van der Waals surface area contributed by atoms with E-state index in [0.29, 0.717) is 12.3 Å². The lowest BCUT2D eigenvalue weighted by molar-refractivity contribution is 0.0755. The Morgan fingerprint density at radius 1 is 1.08 bits per heavy atom. The monoisotopic (exact) mass is 338 g/mol. The number of pyridine rings is 1. The van der Waals surface area contributed by atoms with E-state index in [9.17, 15) is 4.79 Å². The highest BCUT2D eigenvalue weighted by Crippen LogP contribution is 2.20. The van der Waals surface area contributed by atoms with E-state index in [2.05, 4.69) is 18.0 Å². The first-order valence-electron chi connectivity index (χ1n) is 9.09. The molecule has 0 unspecified atom stereocenters. The lowest BCUT2D eigenvalue weighted by atomic mass is 10.1. The maximum atomic E-state index is 12.7. The molecule has 0 atom stereocenters. The molecule has 1 fully saturated rings. The first-order valence-corrected chi connectivity index (χ1v) is 9.09. The summed E-state index contributed by atoms with van der Waals surface area (Å²) >= 11 is 0. The van der Waals surface area contributed by atoms with Crippen LogP contribution in [0.5, 0.6) is 5.75 Å². The second-order valence-electron chi connectivity index (χ2n) is 6.78. The molecule has 0 radical (unpaired) electrons. The number of ether oxygens (including phenoxy) is 1. The third-order valence-electron chi connectivity index (χ3n) is 4.63. The van der Waals surface area contributed by atoms with Crippen molar-refractivity contribution < 1.29 is 9.53 Å². The van der Waals surface area contributed by atoms with E-state index in [0.717, 1.165) is 42.9 Å². The van der Waals surface area contributed by atoms with Crippen molar-refractivity contribution in [3.05, 3.63) is 58.9 Å². The summed E-state index contributed by atoms with van der Waals surface area (Å²) in [6.45, 7) is 6.14. The fourth-order valence-electron chi connectivity index (χ4n) is 3.23. The summed E-state index contributed by atoms with van der Waals surface area (Å²) in [4.78, 5) is 19.2. The highest BCUT2D eigenvalue weighted by Gasteiger charge is 2.18. The Bertz CT molecular complexity index is 734. The van der Waals surface area contributed by atoms with E-state index in [1.165, 1.54) is 18.4 Å². The minimum Gasteiger partial charge on any atom is -0.487 e. The molecule has 4 heteroatoms. The van der Waals surface area contributed by atoms with Gasteiger partial charge in [0, 0.05) is 13.1 Å². The van der Waals surface area contributed by atoms with E-state index in [1.807, 2.05) is 36.1 Å². The van der Waals surface area contributed by atoms with Crippen LogP contribution in [0.15, 0.2) is 36.4 Å². The van der Waals surface area contributed by atoms with Crippen LogP contribution in [0.3, 0.4) is 0 Å². The van der Waals surface area contributed by atoms with Crippen LogP contribution < -0.4 is 4.74 Å². The first kappa shape index (κ1) is 17.5. The smallest absolute Gasteiger partial charge is 0.272 e. The number of carbonyl (C=O) groups excluding carboxylic acids is 1. The SMILES string of the molecule is Cc1ccc(OCc2cccc(C(=O)N3CCCCCC3)n2)c(C)c1. The van der Waals surface area contributed by atoms with Gasteiger partial charge in [-0.05, 0) is 50.5 Å². The number of rotatable bonds is 4. The van der Waals surface area contributed by atoms with Crippen molar-refractivity contribution in [3.63, 3.8) is 0 Å². The van der Waals surface area contributed by atoms with Gasteiger partial charge in [-0.2, -0.15) is 0 Å². The minimum atomic E-state index is 0.0373. The fraction of sp³-hybridized carbons (Fsp3) is 0.429. The summed E-state index contributed by atoms with van der Waals surface area (Å²) in [5.41, 5.74) is 3.62. The summed E-state index contributed by atoms with van der Waals surface area (Å²) in [7, 11) is 0. The molecule has 0 spiro atoms. The van der Waals surface area contributed by atoms with Crippen LogP contribution in [-0.4, -0.2) is 28.9 Å². The summed E-state index contributed by atoms with van der Waals surface area (Å²) in [5, 5.41) is 0. The number of aromatic nitrogens is 1. The quantitative estimate of drug-likeness (QED) is 0.835. The number of likely N-dealkylation sites (tertiary alicyclic amines) is 1. The zero-order chi connectivity index (χ0) is 17.6. The predicted octanol–water partition coefficient (Wildman–Crippen LogP) is 4.29. The van der Waals surface area contributed by atoms with Gasteiger partial charge in [0.15, 0.2) is 0 Å². The van der Waals surface area contributed by atoms with Gasteiger partial charge in [-0.3, -0.25) is 4.79 Å². The van der Waals surface area contributed by atoms with Crippen molar-refractivity contribution in [2.75, 3.05) is 13.1 Å². The molecule has 0 saturated carbocycles. The molecule has 1 amide bonds. The Labute approximate surface area is 149 Å². The number of benzene rings is 1. The van der Waals surface area contributed by atoms with Gasteiger partial charge in [0.1, 0.15) is 18.1 Å². The molecule has 1 aliphatic heterocycles. The van der Waals surface area contributed by atoms with Gasteiger partial charge >= 0.3 is 0 Å². The maximum Gasteiger partial charge on any atom is 0.272 e. The number of amides is 1. The van der Waals surface area contributed by atoms with Crippen LogP contribution in [0, 0.1) is 13.8 Å². The zero-order valence-corrected chi connectivity index (χ0v) is 15.1. The van der Waals surface area contributed by atoms with Crippen molar-refractivity contribution in [1.29, 1.82) is 0 Å². The molecule has 2 aromatic rings. The standard InChI is InChI=1S/C21H26N2O2/c1-16-10-11-20(17(2)14-16)25-15-18-8-7-9-19(22-18)21(24)23-12-5-3-4-6-13-23/h7-11,14H,3-6,12-13,15H2,1-2H3. The van der Waals surface area contributed by atoms with Crippen LogP contribution >= 0.6 is 0 Å². The Hall–Kier alpha value is -2.36. The Kier molecular flexibility index (Phi) is 5.69. The minimum absolute atomic E-state index is 0.0373. The number of nitrogens with zero attached hydrogens (tertiary/aromatic N) is 2. The second-order valence-corrected chi connectivity index (χ2v) is 6.78. The lowest BCUT2D eigenvalue weighted by Crippen LogP contribution is -2.32. The van der Waals surface area contributed by atoms with Gasteiger partial charge in [0.05, 0.1) is 5.69 Å². The van der Waals surface area contributed by atoms with E-state index >= 15 is 0 Å². The Balaban J connectivity index is 1.67. The van der Waals surface area contributed by atoms with Gasteiger partial charge in [0.25, 0.3) is 5.91 Å². The fourth-order valence-corrected chi connectivity index (χ4v) is 3.23. The van der Waals surface area contributed by atoms with Crippen molar-refractivity contribution in [2.24, 2.45) is 0 Å². The van der Waals surface area contributed by atoms with E-state index in [-0.39, 0.29) is 5.91 Å². The van der Waals surface area contributed by atoms with Gasteiger partial charge < -0.3 is 9.64 Å². The normalized spacial score (nSPS) is 14.9. The second kappa shape index (κ2) is 8.15.